The van der Waals surface area contributed by atoms with E-state index < -0.39 is 11.7 Å². The van der Waals surface area contributed by atoms with Crippen molar-refractivity contribution in [3.63, 3.8) is 0 Å². The molecule has 0 aliphatic carbocycles. The summed E-state index contributed by atoms with van der Waals surface area (Å²) in [6.45, 7) is 8.28. The number of pyridine rings is 1. The predicted molar refractivity (Wildman–Crippen MR) is 127 cm³/mol. The van der Waals surface area contributed by atoms with E-state index in [1.807, 2.05) is 52.0 Å². The van der Waals surface area contributed by atoms with Gasteiger partial charge >= 0.3 is 0 Å². The highest BCUT2D eigenvalue weighted by molar-refractivity contribution is 7.19. The average Bonchev–Trinajstić information content (AvgIpc) is 3.35. The van der Waals surface area contributed by atoms with Crippen LogP contribution in [0.25, 0.3) is 21.3 Å². The molecular formula is C24H29ClN2O3S. The second-order valence-corrected chi connectivity index (χ2v) is 10.4. The van der Waals surface area contributed by atoms with Crippen LogP contribution in [0.3, 0.4) is 0 Å². The zero-order valence-corrected chi connectivity index (χ0v) is 19.8. The van der Waals surface area contributed by atoms with Crippen molar-refractivity contribution in [3.05, 3.63) is 45.9 Å². The van der Waals surface area contributed by atoms with Crippen molar-refractivity contribution < 1.29 is 14.9 Å². The normalized spacial score (nSPS) is 20.4. The predicted octanol–water partition coefficient (Wildman–Crippen LogP) is 5.25. The molecule has 1 saturated heterocycles. The standard InChI is InChI=1S/C24H29ClN2O3S/c1-5-19(28)20-11-18-23(31-20)16(6-7-26-18)17-9-14(25)8-13(2)22(17)30-15-10-21(27-12-15)24(3,4)29/h6-9,11,15,19,21,27-29H,5,10,12H2,1-4H3/t15-,19?,21?/m0/s1. The lowest BCUT2D eigenvalue weighted by Crippen LogP contribution is -2.42. The van der Waals surface area contributed by atoms with Gasteiger partial charge in [0.05, 0.1) is 21.9 Å². The van der Waals surface area contributed by atoms with Crippen molar-refractivity contribution in [3.8, 4) is 16.9 Å². The second-order valence-electron chi connectivity index (χ2n) is 8.84. The van der Waals surface area contributed by atoms with E-state index in [-0.39, 0.29) is 12.1 Å². The summed E-state index contributed by atoms with van der Waals surface area (Å²) in [5.41, 5.74) is 2.93. The number of thiophene rings is 1. The molecule has 0 saturated carbocycles. The Morgan fingerprint density at radius 2 is 2.10 bits per heavy atom. The van der Waals surface area contributed by atoms with E-state index in [2.05, 4.69) is 10.3 Å². The molecule has 3 aromatic rings. The first-order valence-corrected chi connectivity index (χ1v) is 11.9. The Balaban J connectivity index is 1.75. The van der Waals surface area contributed by atoms with E-state index in [9.17, 15) is 10.2 Å². The van der Waals surface area contributed by atoms with Crippen molar-refractivity contribution in [2.24, 2.45) is 0 Å². The number of hydrogen-bond donors (Lipinski definition) is 3. The number of hydrogen-bond acceptors (Lipinski definition) is 6. The molecule has 4 rings (SSSR count). The van der Waals surface area contributed by atoms with E-state index in [1.165, 1.54) is 0 Å². The van der Waals surface area contributed by atoms with Gasteiger partial charge in [0.25, 0.3) is 0 Å². The van der Waals surface area contributed by atoms with Gasteiger partial charge in [0, 0.05) is 46.2 Å². The molecule has 2 aromatic heterocycles. The van der Waals surface area contributed by atoms with Gasteiger partial charge in [-0.05, 0) is 57.0 Å². The number of aryl methyl sites for hydroxylation is 1. The number of fused-ring (bicyclic) bond motifs is 1. The van der Waals surface area contributed by atoms with Gasteiger partial charge in [-0.2, -0.15) is 0 Å². The third-order valence-electron chi connectivity index (χ3n) is 5.90. The number of nitrogens with zero attached hydrogens (tertiary/aromatic N) is 1. The van der Waals surface area contributed by atoms with Gasteiger partial charge < -0.3 is 20.3 Å². The molecule has 166 valence electrons. The van der Waals surface area contributed by atoms with E-state index in [0.717, 1.165) is 44.0 Å². The summed E-state index contributed by atoms with van der Waals surface area (Å²) in [7, 11) is 0. The van der Waals surface area contributed by atoms with Crippen molar-refractivity contribution in [1.29, 1.82) is 0 Å². The fraction of sp³-hybridized carbons (Fsp3) is 0.458. The summed E-state index contributed by atoms with van der Waals surface area (Å²) in [6.07, 6.45) is 2.63. The summed E-state index contributed by atoms with van der Waals surface area (Å²) < 4.78 is 7.51. The van der Waals surface area contributed by atoms with Gasteiger partial charge in [-0.15, -0.1) is 11.3 Å². The van der Waals surface area contributed by atoms with Gasteiger partial charge in [-0.25, -0.2) is 0 Å². The lowest BCUT2D eigenvalue weighted by Gasteiger charge is -2.25. The molecular weight excluding hydrogens is 432 g/mol. The van der Waals surface area contributed by atoms with Crippen LogP contribution in [0.1, 0.15) is 50.2 Å². The third-order valence-corrected chi connectivity index (χ3v) is 7.38. The van der Waals surface area contributed by atoms with Crippen molar-refractivity contribution in [2.75, 3.05) is 6.54 Å². The van der Waals surface area contributed by atoms with Crippen LogP contribution >= 0.6 is 22.9 Å². The van der Waals surface area contributed by atoms with Crippen molar-refractivity contribution >= 4 is 33.2 Å². The molecule has 1 fully saturated rings. The van der Waals surface area contributed by atoms with Crippen LogP contribution < -0.4 is 10.1 Å². The van der Waals surface area contributed by atoms with Crippen LogP contribution in [0.5, 0.6) is 5.75 Å². The lowest BCUT2D eigenvalue weighted by molar-refractivity contribution is 0.0412. The molecule has 31 heavy (non-hydrogen) atoms. The molecule has 2 unspecified atom stereocenters. The maximum Gasteiger partial charge on any atom is 0.130 e. The molecule has 3 N–H and O–H groups in total. The molecule has 0 amide bonds. The minimum atomic E-state index is -0.805. The van der Waals surface area contributed by atoms with E-state index in [0.29, 0.717) is 18.0 Å². The number of aliphatic hydroxyl groups is 2. The topological polar surface area (TPSA) is 74.6 Å². The monoisotopic (exact) mass is 460 g/mol. The Labute approximate surface area is 192 Å². The Morgan fingerprint density at radius 1 is 1.32 bits per heavy atom. The largest absolute Gasteiger partial charge is 0.488 e. The molecule has 3 atom stereocenters. The summed E-state index contributed by atoms with van der Waals surface area (Å²) in [5, 5.41) is 24.7. The highest BCUT2D eigenvalue weighted by atomic mass is 35.5. The molecule has 7 heteroatoms. The van der Waals surface area contributed by atoms with E-state index in [1.54, 1.807) is 17.5 Å². The maximum atomic E-state index is 10.3. The van der Waals surface area contributed by atoms with E-state index in [4.69, 9.17) is 16.3 Å². The Hall–Kier alpha value is -1.70. The first-order chi connectivity index (χ1) is 14.7. The molecule has 0 bridgehead atoms. The smallest absolute Gasteiger partial charge is 0.130 e. The van der Waals surface area contributed by atoms with Gasteiger partial charge in [0.15, 0.2) is 0 Å². The summed E-state index contributed by atoms with van der Waals surface area (Å²) in [4.78, 5) is 5.42. The van der Waals surface area contributed by atoms with Crippen LogP contribution in [0, 0.1) is 6.92 Å². The molecule has 1 aliphatic heterocycles. The molecule has 0 spiro atoms. The first-order valence-electron chi connectivity index (χ1n) is 10.7. The van der Waals surface area contributed by atoms with Crippen molar-refractivity contribution in [1.82, 2.24) is 10.3 Å². The Kier molecular flexibility index (Phi) is 6.30. The molecule has 5 nitrogen and oxygen atoms in total. The fourth-order valence-electron chi connectivity index (χ4n) is 4.12. The van der Waals surface area contributed by atoms with Gasteiger partial charge in [0.2, 0.25) is 0 Å². The number of aromatic nitrogens is 1. The Morgan fingerprint density at radius 3 is 2.77 bits per heavy atom. The van der Waals surface area contributed by atoms with Gasteiger partial charge in [-0.3, -0.25) is 4.98 Å². The number of benzene rings is 1. The average molecular weight is 461 g/mol. The van der Waals surface area contributed by atoms with Gasteiger partial charge in [0.1, 0.15) is 11.9 Å². The first kappa shape index (κ1) is 22.5. The van der Waals surface area contributed by atoms with Crippen LogP contribution in [0.15, 0.2) is 30.5 Å². The molecule has 3 heterocycles. The highest BCUT2D eigenvalue weighted by Crippen LogP contribution is 2.43. The molecule has 1 aliphatic rings. The third kappa shape index (κ3) is 4.59. The zero-order chi connectivity index (χ0) is 22.3. The lowest BCUT2D eigenvalue weighted by atomic mass is 9.97. The van der Waals surface area contributed by atoms with Crippen LogP contribution in [-0.4, -0.2) is 39.5 Å². The molecule has 1 aromatic carbocycles. The Bertz CT molecular complexity index is 1090. The number of halogens is 1. The van der Waals surface area contributed by atoms with Crippen molar-refractivity contribution in [2.45, 2.75) is 64.4 Å². The minimum Gasteiger partial charge on any atom is -0.488 e. The number of aliphatic hydroxyl groups excluding tert-OH is 1. The van der Waals surface area contributed by atoms with E-state index >= 15 is 0 Å². The van der Waals surface area contributed by atoms with Crippen LogP contribution in [0.2, 0.25) is 5.02 Å². The van der Waals surface area contributed by atoms with Crippen LogP contribution in [0.4, 0.5) is 0 Å². The SMILES string of the molecule is CCC(O)c1cc2nccc(-c3cc(Cl)cc(C)c3O[C@@H]3CNC(C(C)(C)O)C3)c2s1. The summed E-state index contributed by atoms with van der Waals surface area (Å²) >= 11 is 8.01. The van der Waals surface area contributed by atoms with Gasteiger partial charge in [-0.1, -0.05) is 18.5 Å². The quantitative estimate of drug-likeness (QED) is 0.468. The summed E-state index contributed by atoms with van der Waals surface area (Å²) in [6, 6.07) is 7.77. The number of nitrogens with one attached hydrogen (secondary N) is 1. The fourth-order valence-corrected chi connectivity index (χ4v) is 5.60. The molecule has 0 radical (unpaired) electrons. The zero-order valence-electron chi connectivity index (χ0n) is 18.3. The number of ether oxygens (including phenoxy) is 1. The highest BCUT2D eigenvalue weighted by Gasteiger charge is 2.35. The number of rotatable bonds is 6. The summed E-state index contributed by atoms with van der Waals surface area (Å²) in [5.74, 6) is 0.797. The maximum absolute atomic E-state index is 10.3. The minimum absolute atomic E-state index is 0.0171. The van der Waals surface area contributed by atoms with Crippen LogP contribution in [-0.2, 0) is 0 Å². The second kappa shape index (κ2) is 8.68.